The largest absolute Gasteiger partial charge is 0.497 e. The first kappa shape index (κ1) is 23.0. The molecule has 1 aliphatic rings. The molecule has 1 unspecified atom stereocenters. The van der Waals surface area contributed by atoms with Gasteiger partial charge in [-0.25, -0.2) is 0 Å². The van der Waals surface area contributed by atoms with Crippen molar-refractivity contribution in [2.45, 2.75) is 12.6 Å². The molecule has 1 aromatic carbocycles. The van der Waals surface area contributed by atoms with Gasteiger partial charge in [-0.15, -0.1) is 0 Å². The van der Waals surface area contributed by atoms with Crippen LogP contribution in [0.25, 0.3) is 0 Å². The maximum absolute atomic E-state index is 5.61. The lowest BCUT2D eigenvalue weighted by atomic mass is 10.1. The summed E-state index contributed by atoms with van der Waals surface area (Å²) < 4.78 is 16.5. The van der Waals surface area contributed by atoms with Crippen LogP contribution in [0.5, 0.6) is 11.5 Å². The second-order valence-corrected chi connectivity index (χ2v) is 7.86. The lowest BCUT2D eigenvalue weighted by molar-refractivity contribution is 0.169. The van der Waals surface area contributed by atoms with E-state index >= 15 is 0 Å². The molecule has 3 rings (SSSR count). The Labute approximate surface area is 185 Å². The zero-order valence-electron chi connectivity index (χ0n) is 19.3. The summed E-state index contributed by atoms with van der Waals surface area (Å²) in [6, 6.07) is 10.0. The van der Waals surface area contributed by atoms with Gasteiger partial charge >= 0.3 is 0 Å². The van der Waals surface area contributed by atoms with Gasteiger partial charge < -0.3 is 24.1 Å². The smallest absolute Gasteiger partial charge is 0.193 e. The number of rotatable bonds is 8. The number of furan rings is 1. The Morgan fingerprint density at radius 2 is 1.94 bits per heavy atom. The lowest BCUT2D eigenvalue weighted by Crippen LogP contribution is -2.53. The van der Waals surface area contributed by atoms with E-state index < -0.39 is 0 Å². The number of benzene rings is 1. The van der Waals surface area contributed by atoms with E-state index in [0.29, 0.717) is 0 Å². The van der Waals surface area contributed by atoms with Crippen LogP contribution in [0.4, 0.5) is 0 Å². The van der Waals surface area contributed by atoms with Gasteiger partial charge in [-0.05, 0) is 44.4 Å². The molecule has 0 aliphatic carbocycles. The molecule has 0 saturated carbocycles. The number of ether oxygens (including phenoxy) is 2. The van der Waals surface area contributed by atoms with E-state index in [1.165, 1.54) is 0 Å². The monoisotopic (exact) mass is 429 g/mol. The molecule has 1 saturated heterocycles. The van der Waals surface area contributed by atoms with Crippen molar-refractivity contribution in [2.75, 3.05) is 68.1 Å². The average Bonchev–Trinajstić information content (AvgIpc) is 3.31. The Kier molecular flexibility index (Phi) is 8.20. The summed E-state index contributed by atoms with van der Waals surface area (Å²) in [5, 5.41) is 3.53. The molecule has 0 bridgehead atoms. The van der Waals surface area contributed by atoms with E-state index in [0.717, 1.165) is 68.1 Å². The maximum Gasteiger partial charge on any atom is 0.193 e. The quantitative estimate of drug-likeness (QED) is 0.510. The minimum Gasteiger partial charge on any atom is -0.497 e. The lowest BCUT2D eigenvalue weighted by Gasteiger charge is -2.37. The van der Waals surface area contributed by atoms with Gasteiger partial charge in [0.1, 0.15) is 17.3 Å². The van der Waals surface area contributed by atoms with Crippen LogP contribution in [0, 0.1) is 0 Å². The Bertz CT molecular complexity index is 830. The van der Waals surface area contributed by atoms with Crippen molar-refractivity contribution in [3.05, 3.63) is 47.9 Å². The number of piperazine rings is 1. The molecule has 2 aromatic rings. The van der Waals surface area contributed by atoms with Crippen molar-refractivity contribution in [3.8, 4) is 11.5 Å². The van der Waals surface area contributed by atoms with Gasteiger partial charge in [0.2, 0.25) is 0 Å². The molecule has 0 radical (unpaired) electrons. The SMILES string of the molecule is CN=C(NCC(c1ccco1)N(C)C)N1CCN(Cc2cc(OC)ccc2OC)CC1. The Morgan fingerprint density at radius 1 is 1.16 bits per heavy atom. The van der Waals surface area contributed by atoms with E-state index in [9.17, 15) is 0 Å². The van der Waals surface area contributed by atoms with Crippen LogP contribution in [0.2, 0.25) is 0 Å². The maximum atomic E-state index is 5.61. The van der Waals surface area contributed by atoms with Crippen molar-refractivity contribution in [1.82, 2.24) is 20.0 Å². The molecule has 1 fully saturated rings. The van der Waals surface area contributed by atoms with Crippen LogP contribution in [-0.4, -0.2) is 88.7 Å². The summed E-state index contributed by atoms with van der Waals surface area (Å²) in [6.45, 7) is 5.31. The van der Waals surface area contributed by atoms with Gasteiger partial charge in [0.25, 0.3) is 0 Å². The van der Waals surface area contributed by atoms with Gasteiger partial charge in [-0.3, -0.25) is 14.8 Å². The number of hydrogen-bond acceptors (Lipinski definition) is 6. The van der Waals surface area contributed by atoms with E-state index in [4.69, 9.17) is 13.9 Å². The second-order valence-electron chi connectivity index (χ2n) is 7.86. The predicted molar refractivity (Wildman–Crippen MR) is 123 cm³/mol. The standard InChI is InChI=1S/C23H35N5O3/c1-24-23(25-16-20(26(2)3)22-7-6-14-31-22)28-12-10-27(11-13-28)17-18-15-19(29-4)8-9-21(18)30-5/h6-9,14-15,20H,10-13,16-17H2,1-5H3,(H,24,25). The molecular weight excluding hydrogens is 394 g/mol. The van der Waals surface area contributed by atoms with Gasteiger partial charge in [0.15, 0.2) is 5.96 Å². The van der Waals surface area contributed by atoms with Crippen molar-refractivity contribution < 1.29 is 13.9 Å². The highest BCUT2D eigenvalue weighted by Gasteiger charge is 2.23. The summed E-state index contributed by atoms with van der Waals surface area (Å²) in [5.41, 5.74) is 1.14. The topological polar surface area (TPSA) is 65.7 Å². The molecule has 1 atom stereocenters. The van der Waals surface area contributed by atoms with Crippen LogP contribution in [-0.2, 0) is 6.54 Å². The molecule has 1 aromatic heterocycles. The highest BCUT2D eigenvalue weighted by atomic mass is 16.5. The third-order valence-electron chi connectivity index (χ3n) is 5.71. The number of aliphatic imine (C=N–C) groups is 1. The zero-order valence-corrected chi connectivity index (χ0v) is 19.3. The number of guanidine groups is 1. The van der Waals surface area contributed by atoms with Crippen molar-refractivity contribution in [3.63, 3.8) is 0 Å². The van der Waals surface area contributed by atoms with Crippen LogP contribution >= 0.6 is 0 Å². The minimum atomic E-state index is 0.147. The Morgan fingerprint density at radius 3 is 2.52 bits per heavy atom. The molecule has 170 valence electrons. The zero-order chi connectivity index (χ0) is 22.2. The summed E-state index contributed by atoms with van der Waals surface area (Å²) in [5.74, 6) is 3.63. The molecule has 1 aliphatic heterocycles. The highest BCUT2D eigenvalue weighted by molar-refractivity contribution is 5.80. The van der Waals surface area contributed by atoms with Crippen molar-refractivity contribution in [1.29, 1.82) is 0 Å². The predicted octanol–water partition coefficient (Wildman–Crippen LogP) is 2.29. The molecule has 8 nitrogen and oxygen atoms in total. The van der Waals surface area contributed by atoms with E-state index in [2.05, 4.69) is 45.2 Å². The minimum absolute atomic E-state index is 0.147. The fraction of sp³-hybridized carbons (Fsp3) is 0.522. The Hall–Kier alpha value is -2.71. The fourth-order valence-electron chi connectivity index (χ4n) is 3.90. The molecule has 2 heterocycles. The van der Waals surface area contributed by atoms with Crippen molar-refractivity contribution >= 4 is 5.96 Å². The fourth-order valence-corrected chi connectivity index (χ4v) is 3.90. The van der Waals surface area contributed by atoms with Crippen LogP contribution < -0.4 is 14.8 Å². The molecule has 0 spiro atoms. The summed E-state index contributed by atoms with van der Waals surface area (Å²) in [6.07, 6.45) is 1.72. The first-order valence-electron chi connectivity index (χ1n) is 10.6. The van der Waals surface area contributed by atoms with E-state index in [1.54, 1.807) is 20.5 Å². The summed E-state index contributed by atoms with van der Waals surface area (Å²) >= 11 is 0. The van der Waals surface area contributed by atoms with Crippen molar-refractivity contribution in [2.24, 2.45) is 4.99 Å². The molecule has 1 N–H and O–H groups in total. The molecule has 0 amide bonds. The van der Waals surface area contributed by atoms with Gasteiger partial charge in [-0.2, -0.15) is 0 Å². The first-order chi connectivity index (χ1) is 15.0. The van der Waals surface area contributed by atoms with E-state index in [-0.39, 0.29) is 6.04 Å². The summed E-state index contributed by atoms with van der Waals surface area (Å²) in [7, 11) is 9.36. The third-order valence-corrected chi connectivity index (χ3v) is 5.71. The number of nitrogens with zero attached hydrogens (tertiary/aromatic N) is 4. The van der Waals surface area contributed by atoms with Gasteiger partial charge in [0.05, 0.1) is 26.5 Å². The Balaban J connectivity index is 1.54. The van der Waals surface area contributed by atoms with Gasteiger partial charge in [0, 0.05) is 51.9 Å². The van der Waals surface area contributed by atoms with Crippen LogP contribution in [0.15, 0.2) is 46.0 Å². The van der Waals surface area contributed by atoms with Crippen LogP contribution in [0.3, 0.4) is 0 Å². The number of hydrogen-bond donors (Lipinski definition) is 1. The van der Waals surface area contributed by atoms with E-state index in [1.807, 2.05) is 31.3 Å². The highest BCUT2D eigenvalue weighted by Crippen LogP contribution is 2.25. The molecule has 8 heteroatoms. The average molecular weight is 430 g/mol. The third kappa shape index (κ3) is 5.92. The number of nitrogens with one attached hydrogen (secondary N) is 1. The number of likely N-dealkylation sites (N-methyl/N-ethyl adjacent to an activating group) is 1. The molecule has 31 heavy (non-hydrogen) atoms. The van der Waals surface area contributed by atoms with Gasteiger partial charge in [-0.1, -0.05) is 0 Å². The summed E-state index contributed by atoms with van der Waals surface area (Å²) in [4.78, 5) is 11.4. The second kappa shape index (κ2) is 11.1. The normalized spacial score (nSPS) is 16.5. The molecular formula is C23H35N5O3. The van der Waals surface area contributed by atoms with Crippen LogP contribution in [0.1, 0.15) is 17.4 Å². The number of methoxy groups -OCH3 is 2. The first-order valence-corrected chi connectivity index (χ1v) is 10.6.